The van der Waals surface area contributed by atoms with E-state index < -0.39 is 29.6 Å². The molecule has 0 bridgehead atoms. The van der Waals surface area contributed by atoms with Gasteiger partial charge in [0.15, 0.2) is 0 Å². The number of Topliss-reactive ketones (excluding diaryl/α,β-unsaturated/α-hetero) is 3. The average Bonchev–Trinajstić information content (AvgIpc) is 3.18. The lowest BCUT2D eigenvalue weighted by molar-refractivity contribution is -0.141. The molecule has 7 heteroatoms. The van der Waals surface area contributed by atoms with Crippen molar-refractivity contribution in [2.75, 3.05) is 0 Å². The molecule has 0 aromatic carbocycles. The molecule has 3 fully saturated rings. The first-order valence-corrected chi connectivity index (χ1v) is 14.9. The van der Waals surface area contributed by atoms with Crippen LogP contribution in [0.5, 0.6) is 0 Å². The molecule has 3 rings (SSSR count). The minimum Gasteiger partial charge on any atom is -0.363 e. The van der Waals surface area contributed by atoms with Crippen molar-refractivity contribution in [1.82, 2.24) is 5.32 Å². The number of hydrogen-bond acceptors (Lipinski definition) is 5. The summed E-state index contributed by atoms with van der Waals surface area (Å²) < 4.78 is 0. The van der Waals surface area contributed by atoms with Crippen molar-refractivity contribution in [3.63, 3.8) is 0 Å². The van der Waals surface area contributed by atoms with Gasteiger partial charge in [0.05, 0.1) is 12.0 Å². The van der Waals surface area contributed by atoms with Crippen LogP contribution in [0.1, 0.15) is 112 Å². The first kappa shape index (κ1) is 30.5. The summed E-state index contributed by atoms with van der Waals surface area (Å²) in [5.74, 6) is -2.81. The predicted octanol–water partition coefficient (Wildman–Crippen LogP) is 4.79. The van der Waals surface area contributed by atoms with Gasteiger partial charge in [0, 0.05) is 24.7 Å². The largest absolute Gasteiger partial charge is 0.363 e. The van der Waals surface area contributed by atoms with Crippen LogP contribution < -0.4 is 11.1 Å². The molecule has 6 atom stereocenters. The summed E-state index contributed by atoms with van der Waals surface area (Å²) in [6, 6.07) is -0.964. The molecule has 0 radical (unpaired) electrons. The number of amides is 2. The normalized spacial score (nSPS) is 28.2. The first-order chi connectivity index (χ1) is 17.7. The summed E-state index contributed by atoms with van der Waals surface area (Å²) in [5.41, 5.74) is 5.10. The van der Waals surface area contributed by atoms with Crippen LogP contribution in [-0.4, -0.2) is 35.2 Å². The minimum absolute atomic E-state index is 0.0476. The molecular formula is C31H50N2O5. The van der Waals surface area contributed by atoms with E-state index in [4.69, 9.17) is 5.73 Å². The summed E-state index contributed by atoms with van der Waals surface area (Å²) in [6.07, 6.45) is 8.40. The van der Waals surface area contributed by atoms with Crippen molar-refractivity contribution >= 4 is 29.2 Å². The van der Waals surface area contributed by atoms with Crippen LogP contribution in [0.3, 0.4) is 0 Å². The molecule has 3 N–H and O–H groups in total. The third-order valence-corrected chi connectivity index (χ3v) is 10.3. The number of primary amides is 1. The maximum absolute atomic E-state index is 14.3. The Balaban J connectivity index is 1.85. The van der Waals surface area contributed by atoms with Crippen LogP contribution in [0.25, 0.3) is 0 Å². The lowest BCUT2D eigenvalue weighted by Gasteiger charge is -2.34. The molecule has 0 aliphatic heterocycles. The zero-order valence-corrected chi connectivity index (χ0v) is 24.4. The van der Waals surface area contributed by atoms with Gasteiger partial charge < -0.3 is 11.1 Å². The van der Waals surface area contributed by atoms with Gasteiger partial charge in [0.2, 0.25) is 11.7 Å². The smallest absolute Gasteiger partial charge is 0.287 e. The maximum Gasteiger partial charge on any atom is 0.287 e. The standard InChI is InChI=1S/C31H50N2O5/c1-7-12-23(27(36)28(32)37)33-29(38)24-21(16-22-25(24)31(22,5)6)26(35)20(18-13-10-9-11-14-18)15-19(34)17-30(3,4)8-2/h18,20-25H,7-17H2,1-6H3,(H2,32,37)(H,33,38). The molecular weight excluding hydrogens is 480 g/mol. The highest BCUT2D eigenvalue weighted by molar-refractivity contribution is 6.37. The number of carbonyl (C=O) groups excluding carboxylic acids is 5. The highest BCUT2D eigenvalue weighted by Gasteiger charge is 2.70. The third-order valence-electron chi connectivity index (χ3n) is 10.3. The van der Waals surface area contributed by atoms with Gasteiger partial charge in [-0.3, -0.25) is 24.0 Å². The Labute approximate surface area is 228 Å². The average molecular weight is 531 g/mol. The molecule has 3 saturated carbocycles. The van der Waals surface area contributed by atoms with Gasteiger partial charge in [-0.2, -0.15) is 0 Å². The van der Waals surface area contributed by atoms with Crippen LogP contribution in [0.4, 0.5) is 0 Å². The molecule has 7 nitrogen and oxygen atoms in total. The Hall–Kier alpha value is -2.05. The zero-order chi connectivity index (χ0) is 28.4. The van der Waals surface area contributed by atoms with E-state index in [1.54, 1.807) is 0 Å². The Morgan fingerprint density at radius 2 is 1.66 bits per heavy atom. The zero-order valence-electron chi connectivity index (χ0n) is 24.4. The number of ketones is 3. The lowest BCUT2D eigenvalue weighted by atomic mass is 9.69. The monoisotopic (exact) mass is 530 g/mol. The molecule has 3 aliphatic carbocycles. The lowest BCUT2D eigenvalue weighted by Crippen LogP contribution is -2.50. The molecule has 0 heterocycles. The summed E-state index contributed by atoms with van der Waals surface area (Å²) in [7, 11) is 0. The van der Waals surface area contributed by atoms with E-state index in [-0.39, 0.29) is 58.4 Å². The summed E-state index contributed by atoms with van der Waals surface area (Å²) in [4.78, 5) is 65.2. The highest BCUT2D eigenvalue weighted by atomic mass is 16.2. The Morgan fingerprint density at radius 3 is 2.21 bits per heavy atom. The highest BCUT2D eigenvalue weighted by Crippen LogP contribution is 2.71. The van der Waals surface area contributed by atoms with Crippen LogP contribution >= 0.6 is 0 Å². The topological polar surface area (TPSA) is 123 Å². The van der Waals surface area contributed by atoms with Crippen molar-refractivity contribution in [2.45, 2.75) is 118 Å². The van der Waals surface area contributed by atoms with Crippen molar-refractivity contribution < 1.29 is 24.0 Å². The van der Waals surface area contributed by atoms with E-state index >= 15 is 0 Å². The van der Waals surface area contributed by atoms with Crippen LogP contribution in [0.15, 0.2) is 0 Å². The van der Waals surface area contributed by atoms with Gasteiger partial charge >= 0.3 is 0 Å². The van der Waals surface area contributed by atoms with E-state index in [0.29, 0.717) is 25.7 Å². The molecule has 3 aliphatic rings. The van der Waals surface area contributed by atoms with E-state index in [0.717, 1.165) is 38.5 Å². The van der Waals surface area contributed by atoms with Gasteiger partial charge in [-0.1, -0.05) is 73.6 Å². The summed E-state index contributed by atoms with van der Waals surface area (Å²) in [5, 5.41) is 2.81. The Bertz CT molecular complexity index is 933. The number of carbonyl (C=O) groups is 5. The van der Waals surface area contributed by atoms with Gasteiger partial charge in [0.1, 0.15) is 11.6 Å². The second kappa shape index (κ2) is 12.0. The molecule has 0 aromatic heterocycles. The van der Waals surface area contributed by atoms with E-state index in [9.17, 15) is 24.0 Å². The predicted molar refractivity (Wildman–Crippen MR) is 147 cm³/mol. The third kappa shape index (κ3) is 6.56. The maximum atomic E-state index is 14.3. The van der Waals surface area contributed by atoms with Gasteiger partial charge in [-0.05, 0) is 54.3 Å². The Kier molecular flexibility index (Phi) is 9.63. The van der Waals surface area contributed by atoms with Crippen molar-refractivity contribution in [3.8, 4) is 0 Å². The second-order valence-electron chi connectivity index (χ2n) is 13.7. The van der Waals surface area contributed by atoms with Gasteiger partial charge in [-0.15, -0.1) is 0 Å². The number of nitrogens with two attached hydrogens (primary N) is 1. The van der Waals surface area contributed by atoms with Crippen LogP contribution in [-0.2, 0) is 24.0 Å². The summed E-state index contributed by atoms with van der Waals surface area (Å²) >= 11 is 0. The molecule has 6 unspecified atom stereocenters. The van der Waals surface area contributed by atoms with Crippen molar-refractivity contribution in [1.29, 1.82) is 0 Å². The van der Waals surface area contributed by atoms with Crippen molar-refractivity contribution in [3.05, 3.63) is 0 Å². The first-order valence-electron chi connectivity index (χ1n) is 14.9. The second-order valence-corrected chi connectivity index (χ2v) is 13.7. The number of nitrogens with one attached hydrogen (secondary N) is 1. The van der Waals surface area contributed by atoms with Gasteiger partial charge in [-0.25, -0.2) is 0 Å². The molecule has 0 aromatic rings. The molecule has 0 spiro atoms. The van der Waals surface area contributed by atoms with Crippen LogP contribution in [0.2, 0.25) is 0 Å². The number of fused-ring (bicyclic) bond motifs is 1. The fourth-order valence-electron chi connectivity index (χ4n) is 7.54. The SMILES string of the molecule is CCCC(NC(=O)C1C(C(=O)C(CC(=O)CC(C)(C)CC)C2CCCCC2)CC2C1C2(C)C)C(=O)C(N)=O. The quantitative estimate of drug-likeness (QED) is 0.313. The Morgan fingerprint density at radius 1 is 1.03 bits per heavy atom. The minimum atomic E-state index is -1.06. The number of hydrogen-bond donors (Lipinski definition) is 2. The number of rotatable bonds is 14. The molecule has 2 amide bonds. The van der Waals surface area contributed by atoms with E-state index in [1.807, 2.05) is 6.92 Å². The van der Waals surface area contributed by atoms with Crippen LogP contribution in [0, 0.1) is 46.3 Å². The van der Waals surface area contributed by atoms with E-state index in [1.165, 1.54) is 0 Å². The molecule has 38 heavy (non-hydrogen) atoms. The fourth-order valence-corrected chi connectivity index (χ4v) is 7.54. The fraction of sp³-hybridized carbons (Fsp3) is 0.839. The van der Waals surface area contributed by atoms with Gasteiger partial charge in [0.25, 0.3) is 5.91 Å². The van der Waals surface area contributed by atoms with E-state index in [2.05, 4.69) is 39.9 Å². The van der Waals surface area contributed by atoms with Crippen molar-refractivity contribution in [2.24, 2.45) is 52.1 Å². The summed E-state index contributed by atoms with van der Waals surface area (Å²) in [6.45, 7) is 12.4. The molecule has 0 saturated heterocycles. The molecule has 214 valence electrons.